The second-order valence-corrected chi connectivity index (χ2v) is 24.9. The van der Waals surface area contributed by atoms with Gasteiger partial charge in [-0.05, 0) is 199 Å². The summed E-state index contributed by atoms with van der Waals surface area (Å²) >= 11 is 0. The predicted molar refractivity (Wildman–Crippen MR) is 391 cm³/mol. The average molecular weight is 1290 g/mol. The van der Waals surface area contributed by atoms with Crippen molar-refractivity contribution in [2.45, 2.75) is 10.8 Å². The third kappa shape index (κ3) is 9.99. The highest BCUT2D eigenvalue weighted by molar-refractivity contribution is 6.07. The zero-order chi connectivity index (χ0) is 66.9. The van der Waals surface area contributed by atoms with Gasteiger partial charge in [-0.15, -0.1) is 0 Å². The van der Waals surface area contributed by atoms with Crippen LogP contribution in [-0.4, -0.2) is 0 Å². The summed E-state index contributed by atoms with van der Waals surface area (Å²) < 4.78 is 81.7. The molecule has 0 aliphatic heterocycles. The molecule has 474 valence electrons. The van der Waals surface area contributed by atoms with E-state index in [2.05, 4.69) is 159 Å². The normalized spacial score (nSPS) is 14.8. The smallest absolute Gasteiger partial charge is 0.160 e. The lowest BCUT2D eigenvalue weighted by atomic mass is 9.67. The van der Waals surface area contributed by atoms with Gasteiger partial charge in [0, 0.05) is 69.2 Å². The van der Waals surface area contributed by atoms with Crippen molar-refractivity contribution in [2.75, 3.05) is 9.80 Å². The van der Waals surface area contributed by atoms with E-state index in [1.165, 1.54) is 12.1 Å². The van der Waals surface area contributed by atoms with E-state index in [4.69, 9.17) is 13.9 Å². The van der Waals surface area contributed by atoms with Crippen molar-refractivity contribution in [3.63, 3.8) is 0 Å². The van der Waals surface area contributed by atoms with E-state index in [9.17, 15) is 0 Å². The van der Waals surface area contributed by atoms with Crippen LogP contribution < -0.4 is 19.3 Å². The number of nitrogens with zero attached hydrogens (tertiary/aromatic N) is 2. The minimum absolute atomic E-state index is 0.378. The van der Waals surface area contributed by atoms with Crippen LogP contribution in [-0.2, 0) is 10.8 Å². The third-order valence-electron chi connectivity index (χ3n) is 19.5. The monoisotopic (exact) mass is 1290 g/mol. The Morgan fingerprint density at radius 2 is 0.596 bits per heavy atom. The SMILES string of the molecule is C=Cc1ccc(Oc2ccc(C3(c4ccccc4)c4ccccc4-c4ccc(N(c5ccc(F)c(F)c5)c5ccc6c(c5)oc5cc(N(c7ccc(F)c(F)c7)c7ccc8c(c7)C(c7ccccc7)(c7ccc(Oc9ccc(C=C)cc9)cc7)c7ccccc7-8)ccc56)cc43)cc2)cc1. The molecule has 14 aromatic carbocycles. The molecule has 0 saturated heterocycles. The van der Waals surface area contributed by atoms with Crippen LogP contribution in [0, 0.1) is 23.3 Å². The Labute approximate surface area is 569 Å². The van der Waals surface area contributed by atoms with Crippen LogP contribution in [0.4, 0.5) is 51.7 Å². The van der Waals surface area contributed by atoms with Gasteiger partial charge in [0.15, 0.2) is 23.3 Å². The third-order valence-corrected chi connectivity index (χ3v) is 19.5. The van der Waals surface area contributed by atoms with Crippen LogP contribution in [0.3, 0.4) is 0 Å². The van der Waals surface area contributed by atoms with E-state index in [1.54, 1.807) is 24.3 Å². The first-order valence-corrected chi connectivity index (χ1v) is 32.7. The Morgan fingerprint density at radius 1 is 0.283 bits per heavy atom. The fraction of sp³-hybridized carbons (Fsp3) is 0.0222. The Morgan fingerprint density at radius 3 is 0.980 bits per heavy atom. The topological polar surface area (TPSA) is 38.1 Å². The maximum absolute atomic E-state index is 15.9. The molecule has 0 amide bonds. The molecular formula is C90H58F4N2O3. The lowest BCUT2D eigenvalue weighted by Crippen LogP contribution is -2.28. The van der Waals surface area contributed by atoms with E-state index in [1.807, 2.05) is 143 Å². The fourth-order valence-electron chi connectivity index (χ4n) is 15.1. The van der Waals surface area contributed by atoms with Crippen LogP contribution in [0.1, 0.15) is 55.6 Å². The number of halogens is 4. The number of ether oxygens (including phenoxy) is 2. The fourth-order valence-corrected chi connectivity index (χ4v) is 15.1. The van der Waals surface area contributed by atoms with E-state index in [0.29, 0.717) is 68.3 Å². The van der Waals surface area contributed by atoms with Crippen molar-refractivity contribution in [2.24, 2.45) is 0 Å². The molecule has 5 nitrogen and oxygen atoms in total. The molecule has 2 aliphatic carbocycles. The molecule has 2 unspecified atom stereocenters. The first-order chi connectivity index (χ1) is 48.6. The second kappa shape index (κ2) is 24.2. The molecule has 2 atom stereocenters. The summed E-state index contributed by atoms with van der Waals surface area (Å²) in [7, 11) is 0. The van der Waals surface area contributed by atoms with Gasteiger partial charge in [-0.2, -0.15) is 0 Å². The summed E-state index contributed by atoms with van der Waals surface area (Å²) in [4.78, 5) is 3.85. The molecule has 1 aromatic heterocycles. The van der Waals surface area contributed by atoms with E-state index >= 15 is 17.6 Å². The van der Waals surface area contributed by atoms with E-state index < -0.39 is 34.1 Å². The Hall–Kier alpha value is -12.7. The molecule has 0 bridgehead atoms. The van der Waals surface area contributed by atoms with Crippen LogP contribution in [0.2, 0.25) is 0 Å². The quantitative estimate of drug-likeness (QED) is 0.0902. The van der Waals surface area contributed by atoms with Gasteiger partial charge in [-0.3, -0.25) is 0 Å². The van der Waals surface area contributed by atoms with E-state index in [-0.39, 0.29) is 0 Å². The standard InChI is InChI=1S/C90H58F4N2O3/c1-3-57-23-37-69(38-24-57)97-71-41-27-61(28-42-71)89(59-15-7-5-8-16-59)79-21-13-11-19-73(79)75-45-31-63(51-81(75)89)95(65-35-49-83(91)85(93)53-65)67-33-47-77-78-48-34-68(56-88(78)99-87(77)55-67)96(66-36-50-84(92)86(94)54-66)64-32-46-76-74-20-12-14-22-80(74)90(82(76)52-64,60-17-9-6-10-18-60)62-29-43-72(44-30-62)98-70-39-25-58(4-2)26-40-70/h3-56H,1-2H2. The first-order valence-electron chi connectivity index (χ1n) is 32.7. The highest BCUT2D eigenvalue weighted by Crippen LogP contribution is 2.60. The molecule has 17 rings (SSSR count). The molecule has 99 heavy (non-hydrogen) atoms. The van der Waals surface area contributed by atoms with Crippen LogP contribution >= 0.6 is 0 Å². The molecule has 0 spiro atoms. The van der Waals surface area contributed by atoms with Crippen molar-refractivity contribution < 1.29 is 31.5 Å². The molecule has 0 saturated carbocycles. The average Bonchev–Trinajstić information content (AvgIpc) is 1.55. The van der Waals surface area contributed by atoms with Crippen molar-refractivity contribution in [3.05, 3.63) is 408 Å². The van der Waals surface area contributed by atoms with Gasteiger partial charge in [0.2, 0.25) is 0 Å². The molecule has 1 heterocycles. The molecular weight excluding hydrogens is 1230 g/mol. The van der Waals surface area contributed by atoms with Gasteiger partial charge in [0.25, 0.3) is 0 Å². The number of rotatable bonds is 16. The zero-order valence-corrected chi connectivity index (χ0v) is 53.2. The molecule has 0 N–H and O–H groups in total. The number of furan rings is 1. The van der Waals surface area contributed by atoms with Crippen molar-refractivity contribution in [1.82, 2.24) is 0 Å². The zero-order valence-electron chi connectivity index (χ0n) is 53.2. The first kappa shape index (κ1) is 60.0. The molecule has 9 heteroatoms. The van der Waals surface area contributed by atoms with Gasteiger partial charge in [0.05, 0.1) is 10.8 Å². The van der Waals surface area contributed by atoms with Crippen LogP contribution in [0.25, 0.3) is 56.3 Å². The molecule has 2 aliphatic rings. The molecule has 0 radical (unpaired) electrons. The summed E-state index contributed by atoms with van der Waals surface area (Å²) in [5.41, 5.74) is 17.1. The number of anilines is 6. The van der Waals surface area contributed by atoms with Gasteiger partial charge in [-0.1, -0.05) is 195 Å². The number of benzene rings is 14. The highest BCUT2D eigenvalue weighted by atomic mass is 19.2. The lowest BCUT2D eigenvalue weighted by Gasteiger charge is -2.35. The van der Waals surface area contributed by atoms with Gasteiger partial charge >= 0.3 is 0 Å². The van der Waals surface area contributed by atoms with Crippen molar-refractivity contribution in [1.29, 1.82) is 0 Å². The van der Waals surface area contributed by atoms with Gasteiger partial charge in [-0.25, -0.2) is 17.6 Å². The molecule has 15 aromatic rings. The van der Waals surface area contributed by atoms with Gasteiger partial charge in [0.1, 0.15) is 34.2 Å². The predicted octanol–water partition coefficient (Wildman–Crippen LogP) is 24.7. The summed E-state index contributed by atoms with van der Waals surface area (Å²) in [5, 5.41) is 1.59. The van der Waals surface area contributed by atoms with Crippen molar-refractivity contribution in [3.8, 4) is 45.3 Å². The lowest BCUT2D eigenvalue weighted by molar-refractivity contribution is 0.482. The van der Waals surface area contributed by atoms with Crippen LogP contribution in [0.5, 0.6) is 23.0 Å². The minimum atomic E-state index is -1.00. The summed E-state index contributed by atoms with van der Waals surface area (Å²) in [6.07, 6.45) is 3.59. The van der Waals surface area contributed by atoms with E-state index in [0.717, 1.165) is 101 Å². The maximum Gasteiger partial charge on any atom is 0.160 e. The minimum Gasteiger partial charge on any atom is -0.457 e. The summed E-state index contributed by atoms with van der Waals surface area (Å²) in [6.45, 7) is 7.78. The molecule has 0 fully saturated rings. The van der Waals surface area contributed by atoms with Crippen molar-refractivity contribution >= 4 is 68.2 Å². The highest BCUT2D eigenvalue weighted by Gasteiger charge is 2.48. The summed E-state index contributed by atoms with van der Waals surface area (Å²) in [6, 6.07) is 102. The summed E-state index contributed by atoms with van der Waals surface area (Å²) in [5.74, 6) is -1.22. The number of fused-ring (bicyclic) bond motifs is 9. The number of hydrogen-bond donors (Lipinski definition) is 0. The Bertz CT molecular complexity index is 5310. The van der Waals surface area contributed by atoms with Gasteiger partial charge < -0.3 is 23.7 Å². The maximum atomic E-state index is 15.9. The largest absolute Gasteiger partial charge is 0.457 e. The Kier molecular flexibility index (Phi) is 14.6. The number of hydrogen-bond acceptors (Lipinski definition) is 5. The van der Waals surface area contributed by atoms with Crippen LogP contribution in [0.15, 0.2) is 333 Å². The Balaban J connectivity index is 0.788. The second-order valence-electron chi connectivity index (χ2n) is 24.9.